The monoisotopic (exact) mass is 418 g/mol. The van der Waals surface area contributed by atoms with E-state index >= 15 is 0 Å². The summed E-state index contributed by atoms with van der Waals surface area (Å²) in [5.41, 5.74) is -1.13. The smallest absolute Gasteiger partial charge is 0.433 e. The minimum atomic E-state index is -4.67. The van der Waals surface area contributed by atoms with Crippen molar-refractivity contribution in [2.75, 3.05) is 0 Å². The van der Waals surface area contributed by atoms with Gasteiger partial charge in [-0.15, -0.1) is 0 Å². The average molecular weight is 418 g/mol. The van der Waals surface area contributed by atoms with Gasteiger partial charge in [0.2, 0.25) is 0 Å². The molecule has 4 atom stereocenters. The number of halogens is 3. The zero-order valence-corrected chi connectivity index (χ0v) is 16.3. The van der Waals surface area contributed by atoms with E-state index in [1.54, 1.807) is 6.07 Å². The second kappa shape index (κ2) is 6.85. The van der Waals surface area contributed by atoms with Gasteiger partial charge >= 0.3 is 6.18 Å². The third-order valence-corrected chi connectivity index (χ3v) is 6.52. The van der Waals surface area contributed by atoms with E-state index in [0.29, 0.717) is 16.4 Å². The molecule has 9 heteroatoms. The number of nitrogens with zero attached hydrogens (tertiary/aromatic N) is 3. The van der Waals surface area contributed by atoms with E-state index < -0.39 is 17.8 Å². The second-order valence-corrected chi connectivity index (χ2v) is 8.40. The number of fused-ring (bicyclic) bond motifs is 3. The molecular weight excluding hydrogens is 397 g/mol. The fourth-order valence-corrected chi connectivity index (χ4v) is 5.13. The molecule has 1 amide bonds. The van der Waals surface area contributed by atoms with Crippen molar-refractivity contribution in [2.24, 2.45) is 17.8 Å². The van der Waals surface area contributed by atoms with Crippen molar-refractivity contribution in [2.45, 2.75) is 44.8 Å². The van der Waals surface area contributed by atoms with Gasteiger partial charge in [0.25, 0.3) is 5.91 Å². The Morgan fingerprint density at radius 2 is 2.13 bits per heavy atom. The van der Waals surface area contributed by atoms with Gasteiger partial charge in [0, 0.05) is 12.1 Å². The lowest BCUT2D eigenvalue weighted by atomic mass is 9.84. The van der Waals surface area contributed by atoms with Gasteiger partial charge in [-0.2, -0.15) is 18.3 Å². The van der Waals surface area contributed by atoms with Gasteiger partial charge < -0.3 is 9.73 Å². The van der Waals surface area contributed by atoms with Gasteiger partial charge in [-0.05, 0) is 62.1 Å². The zero-order chi connectivity index (χ0) is 21.0. The van der Waals surface area contributed by atoms with E-state index in [0.717, 1.165) is 18.4 Å². The number of rotatable bonds is 4. The van der Waals surface area contributed by atoms with Crippen LogP contribution in [-0.2, 0) is 6.18 Å². The van der Waals surface area contributed by atoms with E-state index in [1.165, 1.54) is 37.7 Å². The van der Waals surface area contributed by atoms with Crippen molar-refractivity contribution in [3.05, 3.63) is 41.9 Å². The normalized spacial score (nSPS) is 24.5. The summed E-state index contributed by atoms with van der Waals surface area (Å²) in [7, 11) is 0. The molecule has 5 rings (SSSR count). The Kier molecular flexibility index (Phi) is 4.37. The highest BCUT2D eigenvalue weighted by Gasteiger charge is 2.42. The highest BCUT2D eigenvalue weighted by Crippen LogP contribution is 2.49. The van der Waals surface area contributed by atoms with E-state index in [2.05, 4.69) is 15.4 Å². The van der Waals surface area contributed by atoms with E-state index in [9.17, 15) is 18.0 Å². The van der Waals surface area contributed by atoms with Crippen molar-refractivity contribution >= 4 is 11.6 Å². The summed E-state index contributed by atoms with van der Waals surface area (Å²) >= 11 is 0. The van der Waals surface area contributed by atoms with Crippen LogP contribution in [0.4, 0.5) is 13.2 Å². The highest BCUT2D eigenvalue weighted by atomic mass is 19.4. The molecule has 3 aromatic heterocycles. The van der Waals surface area contributed by atoms with Crippen LogP contribution in [0.3, 0.4) is 0 Å². The molecule has 158 valence electrons. The minimum absolute atomic E-state index is 0.0297. The van der Waals surface area contributed by atoms with Crippen LogP contribution in [0, 0.1) is 17.8 Å². The summed E-state index contributed by atoms with van der Waals surface area (Å²) in [5, 5.41) is 6.86. The predicted octanol–water partition coefficient (Wildman–Crippen LogP) is 4.56. The van der Waals surface area contributed by atoms with Crippen LogP contribution in [0.1, 0.15) is 48.8 Å². The van der Waals surface area contributed by atoms with Crippen LogP contribution in [-0.4, -0.2) is 26.5 Å². The number of alkyl halides is 3. The fraction of sp³-hybridized carbons (Fsp3) is 0.476. The number of hydrogen-bond acceptors (Lipinski definition) is 4. The van der Waals surface area contributed by atoms with Crippen LogP contribution >= 0.6 is 0 Å². The molecule has 0 saturated heterocycles. The molecule has 2 aliphatic carbocycles. The Labute approximate surface area is 170 Å². The number of hydrogen-bond donors (Lipinski definition) is 1. The quantitative estimate of drug-likeness (QED) is 0.674. The number of furan rings is 1. The van der Waals surface area contributed by atoms with E-state index in [4.69, 9.17) is 4.42 Å². The van der Waals surface area contributed by atoms with Crippen molar-refractivity contribution < 1.29 is 22.4 Å². The van der Waals surface area contributed by atoms with Crippen molar-refractivity contribution in [3.63, 3.8) is 0 Å². The molecule has 2 saturated carbocycles. The molecule has 2 bridgehead atoms. The van der Waals surface area contributed by atoms with Gasteiger partial charge in [-0.3, -0.25) is 4.79 Å². The number of aromatic nitrogens is 3. The highest BCUT2D eigenvalue weighted by molar-refractivity contribution is 5.93. The molecule has 0 spiro atoms. The summed E-state index contributed by atoms with van der Waals surface area (Å²) in [6.07, 6.45) is 1.47. The summed E-state index contributed by atoms with van der Waals surface area (Å²) in [6, 6.07) is 5.20. The lowest BCUT2D eigenvalue weighted by Crippen LogP contribution is -2.40. The molecule has 1 N–H and O–H groups in total. The Morgan fingerprint density at radius 1 is 1.30 bits per heavy atom. The maximum absolute atomic E-state index is 13.6. The van der Waals surface area contributed by atoms with Crippen LogP contribution in [0.25, 0.3) is 17.1 Å². The number of amides is 1. The molecular formula is C21H21F3N4O2. The predicted molar refractivity (Wildman–Crippen MR) is 102 cm³/mol. The standard InChI is InChI=1S/C21H21F3N4O2/c1-11(14-8-12-4-5-13(14)7-12)25-20(29)16-10-19-26-15(17-3-2-6-30-17)9-18(21(22,23)24)28(19)27-16/h2-3,6,9-14H,4-5,7-8H2,1H3,(H,25,29)/t11-,12-,13-,14+/m1/s1. The second-order valence-electron chi connectivity index (χ2n) is 8.40. The lowest BCUT2D eigenvalue weighted by Gasteiger charge is -2.28. The topological polar surface area (TPSA) is 72.4 Å². The van der Waals surface area contributed by atoms with E-state index in [-0.39, 0.29) is 28.8 Å². The Hall–Kier alpha value is -2.84. The van der Waals surface area contributed by atoms with Gasteiger partial charge in [0.1, 0.15) is 5.69 Å². The van der Waals surface area contributed by atoms with Crippen molar-refractivity contribution in [1.29, 1.82) is 0 Å². The van der Waals surface area contributed by atoms with Gasteiger partial charge in [0.05, 0.1) is 6.26 Å². The summed E-state index contributed by atoms with van der Waals surface area (Å²) in [5.74, 6) is 1.51. The maximum atomic E-state index is 13.6. The molecule has 0 aromatic carbocycles. The van der Waals surface area contributed by atoms with Crippen LogP contribution in [0.2, 0.25) is 0 Å². The molecule has 2 aliphatic rings. The van der Waals surface area contributed by atoms with Crippen LogP contribution < -0.4 is 5.32 Å². The average Bonchev–Trinajstić information content (AvgIpc) is 3.49. The Balaban J connectivity index is 1.45. The van der Waals surface area contributed by atoms with Crippen molar-refractivity contribution in [1.82, 2.24) is 19.9 Å². The summed E-state index contributed by atoms with van der Waals surface area (Å²) < 4.78 is 46.7. The Bertz CT molecular complexity index is 1090. The van der Waals surface area contributed by atoms with Gasteiger partial charge in [-0.1, -0.05) is 6.42 Å². The molecule has 30 heavy (non-hydrogen) atoms. The molecule has 0 aliphatic heterocycles. The summed E-state index contributed by atoms with van der Waals surface area (Å²) in [6.45, 7) is 1.97. The third-order valence-electron chi connectivity index (χ3n) is 6.52. The molecule has 0 unspecified atom stereocenters. The first-order valence-corrected chi connectivity index (χ1v) is 10.1. The molecule has 0 radical (unpaired) electrons. The zero-order valence-electron chi connectivity index (χ0n) is 16.3. The van der Waals surface area contributed by atoms with E-state index in [1.807, 2.05) is 6.92 Å². The third kappa shape index (κ3) is 3.26. The van der Waals surface area contributed by atoms with Gasteiger partial charge in [0.15, 0.2) is 22.8 Å². The lowest BCUT2D eigenvalue weighted by molar-refractivity contribution is -0.142. The van der Waals surface area contributed by atoms with Crippen LogP contribution in [0.15, 0.2) is 34.9 Å². The van der Waals surface area contributed by atoms with Crippen molar-refractivity contribution in [3.8, 4) is 11.5 Å². The first-order valence-electron chi connectivity index (χ1n) is 10.1. The number of carbonyl (C=O) groups excluding carboxylic acids is 1. The fourth-order valence-electron chi connectivity index (χ4n) is 5.13. The first-order chi connectivity index (χ1) is 14.3. The number of carbonyl (C=O) groups is 1. The first kappa shape index (κ1) is 19.1. The number of nitrogens with one attached hydrogen (secondary N) is 1. The molecule has 2 fully saturated rings. The SMILES string of the molecule is C[C@@H](NC(=O)c1cc2nc(-c3ccco3)cc(C(F)(F)F)n2n1)[C@@H]1C[C@@H]2CC[C@@H]1C2. The molecule has 3 heterocycles. The molecule has 3 aromatic rings. The Morgan fingerprint density at radius 3 is 2.77 bits per heavy atom. The largest absolute Gasteiger partial charge is 0.463 e. The van der Waals surface area contributed by atoms with Crippen LogP contribution in [0.5, 0.6) is 0 Å². The summed E-state index contributed by atoms with van der Waals surface area (Å²) in [4.78, 5) is 17.0. The molecule has 6 nitrogen and oxygen atoms in total. The minimum Gasteiger partial charge on any atom is -0.463 e. The van der Waals surface area contributed by atoms with Gasteiger partial charge in [-0.25, -0.2) is 9.50 Å². The maximum Gasteiger partial charge on any atom is 0.433 e.